The van der Waals surface area contributed by atoms with Crippen LogP contribution < -0.4 is 10.6 Å². The third-order valence-corrected chi connectivity index (χ3v) is 2.44. The number of amidine groups is 1. The van der Waals surface area contributed by atoms with Crippen molar-refractivity contribution in [1.29, 1.82) is 5.41 Å². The number of nitrogens with zero attached hydrogens (tertiary/aromatic N) is 2. The number of nitrogens with two attached hydrogens (primary N) is 1. The average Bonchev–Trinajstić information content (AvgIpc) is 2.20. The van der Waals surface area contributed by atoms with Crippen LogP contribution in [0.15, 0.2) is 18.3 Å². The molecule has 0 saturated heterocycles. The summed E-state index contributed by atoms with van der Waals surface area (Å²) >= 11 is 0. The molecule has 0 bridgehead atoms. The van der Waals surface area contributed by atoms with E-state index in [0.29, 0.717) is 12.5 Å². The lowest BCUT2D eigenvalue weighted by Crippen LogP contribution is -2.34. The van der Waals surface area contributed by atoms with E-state index in [1.165, 1.54) is 0 Å². The van der Waals surface area contributed by atoms with Crippen molar-refractivity contribution in [3.05, 3.63) is 23.9 Å². The Morgan fingerprint density at radius 3 is 2.62 bits per heavy atom. The smallest absolute Gasteiger partial charge is 0.128 e. The topological polar surface area (TPSA) is 66.0 Å². The highest BCUT2D eigenvalue weighted by atomic mass is 15.2. The van der Waals surface area contributed by atoms with Gasteiger partial charge in [-0.15, -0.1) is 0 Å². The molecule has 0 unspecified atom stereocenters. The molecule has 0 radical (unpaired) electrons. The molecule has 0 aliphatic heterocycles. The maximum atomic E-state index is 7.26. The quantitative estimate of drug-likeness (QED) is 0.588. The third-order valence-electron chi connectivity index (χ3n) is 2.44. The van der Waals surface area contributed by atoms with Crippen molar-refractivity contribution in [1.82, 2.24) is 4.98 Å². The molecule has 4 heteroatoms. The molecule has 1 rings (SSSR count). The third kappa shape index (κ3) is 3.53. The van der Waals surface area contributed by atoms with Crippen LogP contribution in [-0.4, -0.2) is 23.4 Å². The zero-order valence-electron chi connectivity index (χ0n) is 10.2. The van der Waals surface area contributed by atoms with Gasteiger partial charge >= 0.3 is 0 Å². The van der Waals surface area contributed by atoms with E-state index in [9.17, 15) is 0 Å². The van der Waals surface area contributed by atoms with Gasteiger partial charge in [-0.1, -0.05) is 6.07 Å². The molecule has 0 aliphatic rings. The van der Waals surface area contributed by atoms with Gasteiger partial charge in [0.1, 0.15) is 5.82 Å². The zero-order valence-corrected chi connectivity index (χ0v) is 10.2. The van der Waals surface area contributed by atoms with Crippen molar-refractivity contribution in [2.75, 3.05) is 11.4 Å². The normalized spacial score (nSPS) is 10.5. The summed E-state index contributed by atoms with van der Waals surface area (Å²) in [6.45, 7) is 6.98. The molecule has 1 heterocycles. The van der Waals surface area contributed by atoms with Gasteiger partial charge in [-0.05, 0) is 32.4 Å². The summed E-state index contributed by atoms with van der Waals surface area (Å²) in [5.41, 5.74) is 6.53. The Balaban J connectivity index is 2.77. The van der Waals surface area contributed by atoms with Crippen LogP contribution in [0.3, 0.4) is 0 Å². The first kappa shape index (κ1) is 12.5. The van der Waals surface area contributed by atoms with Gasteiger partial charge in [0, 0.05) is 25.2 Å². The molecule has 0 fully saturated rings. The van der Waals surface area contributed by atoms with Gasteiger partial charge in [0.15, 0.2) is 0 Å². The van der Waals surface area contributed by atoms with Crippen LogP contribution in [0, 0.1) is 12.3 Å². The molecule has 0 aliphatic carbocycles. The van der Waals surface area contributed by atoms with E-state index < -0.39 is 0 Å². The van der Waals surface area contributed by atoms with E-state index in [1.54, 1.807) is 0 Å². The summed E-state index contributed by atoms with van der Waals surface area (Å²) in [7, 11) is 0. The van der Waals surface area contributed by atoms with E-state index in [4.69, 9.17) is 11.1 Å². The number of hydrogen-bond acceptors (Lipinski definition) is 3. The Labute approximate surface area is 97.0 Å². The van der Waals surface area contributed by atoms with Gasteiger partial charge in [0.05, 0.1) is 5.84 Å². The van der Waals surface area contributed by atoms with Crippen molar-refractivity contribution in [3.63, 3.8) is 0 Å². The molecule has 16 heavy (non-hydrogen) atoms. The van der Waals surface area contributed by atoms with Crippen molar-refractivity contribution in [2.45, 2.75) is 33.2 Å². The molecule has 1 aromatic heterocycles. The monoisotopic (exact) mass is 220 g/mol. The first-order valence-electron chi connectivity index (χ1n) is 5.53. The number of anilines is 1. The standard InChI is InChI=1S/C12H20N4/c1-9(2)16(7-6-11(13)14)12-5-4-10(3)8-15-12/h4-5,8-9H,6-7H2,1-3H3,(H3,13,14). The Morgan fingerprint density at radius 1 is 1.50 bits per heavy atom. The second kappa shape index (κ2) is 5.49. The molecule has 0 aromatic carbocycles. The lowest BCUT2D eigenvalue weighted by atomic mass is 10.2. The highest BCUT2D eigenvalue weighted by molar-refractivity contribution is 5.77. The molecule has 0 saturated carbocycles. The van der Waals surface area contributed by atoms with Crippen LogP contribution in [0.25, 0.3) is 0 Å². The molecule has 0 atom stereocenters. The number of rotatable bonds is 5. The summed E-state index contributed by atoms with van der Waals surface area (Å²) in [6, 6.07) is 4.41. The first-order chi connectivity index (χ1) is 7.50. The minimum atomic E-state index is 0.220. The summed E-state index contributed by atoms with van der Waals surface area (Å²) in [6.07, 6.45) is 2.44. The molecule has 3 N–H and O–H groups in total. The van der Waals surface area contributed by atoms with E-state index in [-0.39, 0.29) is 5.84 Å². The maximum absolute atomic E-state index is 7.26. The zero-order chi connectivity index (χ0) is 12.1. The summed E-state index contributed by atoms with van der Waals surface area (Å²) < 4.78 is 0. The summed E-state index contributed by atoms with van der Waals surface area (Å²) in [5, 5.41) is 7.26. The van der Waals surface area contributed by atoms with Crippen LogP contribution in [0.5, 0.6) is 0 Å². The van der Waals surface area contributed by atoms with Crippen molar-refractivity contribution < 1.29 is 0 Å². The predicted octanol–water partition coefficient (Wildman–Crippen LogP) is 1.93. The van der Waals surface area contributed by atoms with Gasteiger partial charge in [0.2, 0.25) is 0 Å². The van der Waals surface area contributed by atoms with Gasteiger partial charge in [-0.3, -0.25) is 5.41 Å². The minimum absolute atomic E-state index is 0.220. The first-order valence-corrected chi connectivity index (χ1v) is 5.53. The van der Waals surface area contributed by atoms with Crippen molar-refractivity contribution >= 4 is 11.7 Å². The van der Waals surface area contributed by atoms with Crippen LogP contribution >= 0.6 is 0 Å². The Kier molecular flexibility index (Phi) is 4.28. The molecule has 1 aromatic rings. The molecule has 88 valence electrons. The summed E-state index contributed by atoms with van der Waals surface area (Å²) in [4.78, 5) is 6.55. The number of aromatic nitrogens is 1. The van der Waals surface area contributed by atoms with Gasteiger partial charge in [-0.25, -0.2) is 4.98 Å². The highest BCUT2D eigenvalue weighted by Gasteiger charge is 2.11. The fourth-order valence-electron chi connectivity index (χ4n) is 1.51. The summed E-state index contributed by atoms with van der Waals surface area (Å²) in [5.74, 6) is 1.17. The maximum Gasteiger partial charge on any atom is 0.128 e. The minimum Gasteiger partial charge on any atom is -0.388 e. The van der Waals surface area contributed by atoms with Gasteiger partial charge < -0.3 is 10.6 Å². The largest absolute Gasteiger partial charge is 0.388 e. The average molecular weight is 220 g/mol. The predicted molar refractivity (Wildman–Crippen MR) is 68.0 cm³/mol. The fraction of sp³-hybridized carbons (Fsp3) is 0.500. The van der Waals surface area contributed by atoms with E-state index in [1.807, 2.05) is 25.3 Å². The number of pyridine rings is 1. The number of nitrogens with one attached hydrogen (secondary N) is 1. The second-order valence-electron chi connectivity index (χ2n) is 4.26. The lowest BCUT2D eigenvalue weighted by molar-refractivity contribution is 0.679. The Bertz CT molecular complexity index is 343. The molecule has 0 amide bonds. The second-order valence-corrected chi connectivity index (χ2v) is 4.26. The van der Waals surface area contributed by atoms with Crippen LogP contribution in [0.1, 0.15) is 25.8 Å². The van der Waals surface area contributed by atoms with Crippen molar-refractivity contribution in [2.24, 2.45) is 5.73 Å². The van der Waals surface area contributed by atoms with Crippen LogP contribution in [-0.2, 0) is 0 Å². The Hall–Kier alpha value is -1.58. The van der Waals surface area contributed by atoms with Gasteiger partial charge in [0.25, 0.3) is 0 Å². The van der Waals surface area contributed by atoms with Gasteiger partial charge in [-0.2, -0.15) is 0 Å². The number of aryl methyl sites for hydroxylation is 1. The highest BCUT2D eigenvalue weighted by Crippen LogP contribution is 2.14. The van der Waals surface area contributed by atoms with E-state index >= 15 is 0 Å². The number of hydrogen-bond donors (Lipinski definition) is 2. The van der Waals surface area contributed by atoms with Crippen LogP contribution in [0.4, 0.5) is 5.82 Å². The lowest BCUT2D eigenvalue weighted by Gasteiger charge is -2.27. The molecule has 4 nitrogen and oxygen atoms in total. The van der Waals surface area contributed by atoms with E-state index in [0.717, 1.165) is 17.9 Å². The van der Waals surface area contributed by atoms with E-state index in [2.05, 4.69) is 23.7 Å². The molecule has 0 spiro atoms. The molecular weight excluding hydrogens is 200 g/mol. The molecular formula is C12H20N4. The fourth-order valence-corrected chi connectivity index (χ4v) is 1.51. The Morgan fingerprint density at radius 2 is 2.19 bits per heavy atom. The SMILES string of the molecule is Cc1ccc(N(CCC(=N)N)C(C)C)nc1. The van der Waals surface area contributed by atoms with Crippen LogP contribution in [0.2, 0.25) is 0 Å². The van der Waals surface area contributed by atoms with Crippen molar-refractivity contribution in [3.8, 4) is 0 Å².